The van der Waals surface area contributed by atoms with E-state index in [1.807, 2.05) is 28.7 Å². The SMILES string of the molecule is C[C@H](Sc1nnc2sc3ccccc3n12)C(=O)[O-]. The normalized spacial score (nSPS) is 13.2. The maximum absolute atomic E-state index is 10.8. The van der Waals surface area contributed by atoms with Crippen LogP contribution in [0.4, 0.5) is 0 Å². The molecule has 0 aliphatic heterocycles. The highest BCUT2D eigenvalue weighted by Crippen LogP contribution is 2.30. The lowest BCUT2D eigenvalue weighted by Crippen LogP contribution is -2.31. The lowest BCUT2D eigenvalue weighted by Gasteiger charge is -2.09. The van der Waals surface area contributed by atoms with E-state index in [1.165, 1.54) is 11.3 Å². The number of benzene rings is 1. The van der Waals surface area contributed by atoms with Crippen LogP contribution in [0, 0.1) is 0 Å². The molecule has 0 spiro atoms. The molecule has 2 heterocycles. The van der Waals surface area contributed by atoms with Crippen LogP contribution in [0.15, 0.2) is 29.4 Å². The van der Waals surface area contributed by atoms with Gasteiger partial charge in [0.2, 0.25) is 4.96 Å². The maximum atomic E-state index is 10.8. The minimum atomic E-state index is -1.10. The van der Waals surface area contributed by atoms with Gasteiger partial charge in [0.15, 0.2) is 5.16 Å². The van der Waals surface area contributed by atoms with E-state index in [4.69, 9.17) is 0 Å². The number of thiazole rings is 1. The first-order valence-corrected chi connectivity index (χ1v) is 6.96. The Labute approximate surface area is 110 Å². The van der Waals surface area contributed by atoms with E-state index in [2.05, 4.69) is 10.2 Å². The van der Waals surface area contributed by atoms with Crippen molar-refractivity contribution >= 4 is 44.2 Å². The van der Waals surface area contributed by atoms with Gasteiger partial charge in [-0.2, -0.15) is 0 Å². The number of carboxylic acids is 1. The standard InChI is InChI=1S/C11H9N3O2S2/c1-6(9(15)16)17-10-12-13-11-14(10)7-4-2-3-5-8(7)18-11/h2-6H,1H3,(H,15,16)/p-1/t6-/m0/s1. The van der Waals surface area contributed by atoms with E-state index in [1.54, 1.807) is 6.92 Å². The van der Waals surface area contributed by atoms with Gasteiger partial charge in [-0.1, -0.05) is 35.2 Å². The number of aliphatic carboxylic acids is 1. The molecule has 0 saturated carbocycles. The van der Waals surface area contributed by atoms with Gasteiger partial charge in [-0.15, -0.1) is 10.2 Å². The lowest BCUT2D eigenvalue weighted by molar-refractivity contribution is -0.304. The van der Waals surface area contributed by atoms with Crippen molar-refractivity contribution in [3.8, 4) is 0 Å². The van der Waals surface area contributed by atoms with Gasteiger partial charge >= 0.3 is 0 Å². The molecule has 0 bridgehead atoms. The van der Waals surface area contributed by atoms with Gasteiger partial charge in [0.1, 0.15) is 0 Å². The van der Waals surface area contributed by atoms with Gasteiger partial charge in [-0.05, 0) is 19.1 Å². The summed E-state index contributed by atoms with van der Waals surface area (Å²) in [5, 5.41) is 18.8. The smallest absolute Gasteiger partial charge is 0.217 e. The fourth-order valence-corrected chi connectivity index (χ4v) is 3.45. The van der Waals surface area contributed by atoms with Crippen molar-refractivity contribution < 1.29 is 9.90 Å². The van der Waals surface area contributed by atoms with Crippen LogP contribution in [0.1, 0.15) is 6.92 Å². The van der Waals surface area contributed by atoms with Crippen LogP contribution in [-0.4, -0.2) is 25.8 Å². The number of fused-ring (bicyclic) bond motifs is 3. The predicted octanol–water partition coefficient (Wildman–Crippen LogP) is 1.17. The molecular formula is C11H8N3O2S2-. The highest BCUT2D eigenvalue weighted by atomic mass is 32.2. The molecule has 1 aromatic carbocycles. The number of hydrogen-bond donors (Lipinski definition) is 0. The predicted molar refractivity (Wildman–Crippen MR) is 68.7 cm³/mol. The van der Waals surface area contributed by atoms with Crippen molar-refractivity contribution in [2.24, 2.45) is 0 Å². The van der Waals surface area contributed by atoms with Gasteiger partial charge in [-0.3, -0.25) is 4.40 Å². The first-order valence-electron chi connectivity index (χ1n) is 5.27. The molecule has 92 valence electrons. The van der Waals surface area contributed by atoms with Crippen LogP contribution in [0.2, 0.25) is 0 Å². The molecule has 18 heavy (non-hydrogen) atoms. The number of carboxylic acid groups (broad SMARTS) is 1. The van der Waals surface area contributed by atoms with E-state index >= 15 is 0 Å². The molecule has 0 unspecified atom stereocenters. The lowest BCUT2D eigenvalue weighted by atomic mass is 10.3. The van der Waals surface area contributed by atoms with Crippen molar-refractivity contribution in [3.05, 3.63) is 24.3 Å². The van der Waals surface area contributed by atoms with Gasteiger partial charge in [-0.25, -0.2) is 0 Å². The number of hydrogen-bond acceptors (Lipinski definition) is 6. The number of aromatic nitrogens is 3. The summed E-state index contributed by atoms with van der Waals surface area (Å²) < 4.78 is 2.98. The zero-order valence-electron chi connectivity index (χ0n) is 9.36. The summed E-state index contributed by atoms with van der Waals surface area (Å²) in [5.74, 6) is -1.10. The molecule has 0 aliphatic carbocycles. The largest absolute Gasteiger partial charge is 0.549 e. The Bertz CT molecular complexity index is 734. The third kappa shape index (κ3) is 1.75. The van der Waals surface area contributed by atoms with E-state index in [0.717, 1.165) is 26.9 Å². The van der Waals surface area contributed by atoms with Gasteiger partial charge < -0.3 is 9.90 Å². The van der Waals surface area contributed by atoms with E-state index in [9.17, 15) is 9.90 Å². The van der Waals surface area contributed by atoms with E-state index < -0.39 is 11.2 Å². The third-order valence-electron chi connectivity index (χ3n) is 2.53. The summed E-state index contributed by atoms with van der Waals surface area (Å²) in [6.07, 6.45) is 0. The molecule has 0 fully saturated rings. The minimum Gasteiger partial charge on any atom is -0.549 e. The molecular weight excluding hydrogens is 270 g/mol. The summed E-state index contributed by atoms with van der Waals surface area (Å²) in [7, 11) is 0. The molecule has 3 rings (SSSR count). The van der Waals surface area contributed by atoms with Crippen molar-refractivity contribution in [1.82, 2.24) is 14.6 Å². The molecule has 5 nitrogen and oxygen atoms in total. The maximum Gasteiger partial charge on any atom is 0.217 e. The Kier molecular flexibility index (Phi) is 2.71. The fourth-order valence-electron chi connectivity index (χ4n) is 1.64. The quantitative estimate of drug-likeness (QED) is 0.673. The number of nitrogens with zero attached hydrogens (tertiary/aromatic N) is 3. The Hall–Kier alpha value is -1.60. The van der Waals surface area contributed by atoms with Crippen molar-refractivity contribution in [3.63, 3.8) is 0 Å². The first-order chi connectivity index (χ1) is 8.66. The Morgan fingerprint density at radius 3 is 3.00 bits per heavy atom. The number of carbonyl (C=O) groups is 1. The van der Waals surface area contributed by atoms with Gasteiger partial charge in [0, 0.05) is 5.25 Å². The zero-order chi connectivity index (χ0) is 12.7. The highest BCUT2D eigenvalue weighted by molar-refractivity contribution is 8.00. The zero-order valence-corrected chi connectivity index (χ0v) is 11.0. The van der Waals surface area contributed by atoms with Gasteiger partial charge in [0.05, 0.1) is 16.2 Å². The summed E-state index contributed by atoms with van der Waals surface area (Å²) in [4.78, 5) is 11.5. The Balaban J connectivity index is 2.15. The van der Waals surface area contributed by atoms with Crippen molar-refractivity contribution in [1.29, 1.82) is 0 Å². The summed E-state index contributed by atoms with van der Waals surface area (Å²) in [6, 6.07) is 7.87. The fraction of sp³-hybridized carbons (Fsp3) is 0.182. The second kappa shape index (κ2) is 4.25. The topological polar surface area (TPSA) is 70.3 Å². The molecule has 0 N–H and O–H groups in total. The monoisotopic (exact) mass is 278 g/mol. The van der Waals surface area contributed by atoms with E-state index in [-0.39, 0.29) is 0 Å². The molecule has 0 saturated heterocycles. The number of rotatable bonds is 3. The van der Waals surface area contributed by atoms with Crippen LogP contribution in [0.5, 0.6) is 0 Å². The molecule has 0 amide bonds. The molecule has 0 radical (unpaired) electrons. The van der Waals surface area contributed by atoms with Crippen molar-refractivity contribution in [2.75, 3.05) is 0 Å². The van der Waals surface area contributed by atoms with Crippen LogP contribution >= 0.6 is 23.1 Å². The highest BCUT2D eigenvalue weighted by Gasteiger charge is 2.15. The average Bonchev–Trinajstić information content (AvgIpc) is 2.89. The Morgan fingerprint density at radius 1 is 1.44 bits per heavy atom. The second-order valence-electron chi connectivity index (χ2n) is 3.75. The summed E-state index contributed by atoms with van der Waals surface area (Å²) in [5.41, 5.74) is 0.996. The van der Waals surface area contributed by atoms with E-state index in [0.29, 0.717) is 5.16 Å². The van der Waals surface area contributed by atoms with Gasteiger partial charge in [0.25, 0.3) is 0 Å². The van der Waals surface area contributed by atoms with Crippen molar-refractivity contribution in [2.45, 2.75) is 17.3 Å². The number of carbonyl (C=O) groups excluding carboxylic acids is 1. The second-order valence-corrected chi connectivity index (χ2v) is 6.07. The molecule has 7 heteroatoms. The summed E-state index contributed by atoms with van der Waals surface area (Å²) >= 11 is 2.67. The van der Waals surface area contributed by atoms with Crippen LogP contribution in [-0.2, 0) is 4.79 Å². The average molecular weight is 278 g/mol. The molecule has 2 aromatic heterocycles. The Morgan fingerprint density at radius 2 is 2.22 bits per heavy atom. The van der Waals surface area contributed by atoms with Crippen LogP contribution in [0.3, 0.4) is 0 Å². The molecule has 0 aliphatic rings. The van der Waals surface area contributed by atoms with Crippen LogP contribution in [0.25, 0.3) is 15.2 Å². The molecule has 1 atom stereocenters. The summed E-state index contributed by atoms with van der Waals surface area (Å²) in [6.45, 7) is 1.58. The van der Waals surface area contributed by atoms with Crippen LogP contribution < -0.4 is 5.11 Å². The minimum absolute atomic E-state index is 0.583. The third-order valence-corrected chi connectivity index (χ3v) is 4.56. The molecule has 3 aromatic rings. The number of thioether (sulfide) groups is 1. The number of para-hydroxylation sites is 1. The first kappa shape index (κ1) is 11.5.